The third kappa shape index (κ3) is 2.66. The topological polar surface area (TPSA) is 89.5 Å². The van der Waals surface area contributed by atoms with E-state index in [2.05, 4.69) is 10.3 Å². The SMILES string of the molecule is NC(=O)Cc1ccc(NC(=O)c2cc3c(nc4sccn43)s2)cc1. The molecule has 120 valence electrons. The van der Waals surface area contributed by atoms with E-state index in [0.29, 0.717) is 10.6 Å². The molecule has 3 aromatic heterocycles. The number of aromatic nitrogens is 2. The number of hydrogen-bond acceptors (Lipinski definition) is 5. The predicted octanol–water partition coefficient (Wildman–Crippen LogP) is 2.89. The Morgan fingerprint density at radius 2 is 2.04 bits per heavy atom. The number of fused-ring (bicyclic) bond motifs is 3. The molecule has 0 aliphatic heterocycles. The lowest BCUT2D eigenvalue weighted by atomic mass is 10.1. The summed E-state index contributed by atoms with van der Waals surface area (Å²) in [5, 5.41) is 4.82. The lowest BCUT2D eigenvalue weighted by Gasteiger charge is -2.04. The summed E-state index contributed by atoms with van der Waals surface area (Å²) in [6.07, 6.45) is 2.13. The number of nitrogens with zero attached hydrogens (tertiary/aromatic N) is 2. The second-order valence-corrected chi connectivity index (χ2v) is 7.17. The minimum absolute atomic E-state index is 0.176. The van der Waals surface area contributed by atoms with Crippen LogP contribution in [0.3, 0.4) is 0 Å². The zero-order valence-electron chi connectivity index (χ0n) is 12.4. The van der Waals surface area contributed by atoms with Gasteiger partial charge >= 0.3 is 0 Å². The van der Waals surface area contributed by atoms with Crippen molar-refractivity contribution in [2.45, 2.75) is 6.42 Å². The van der Waals surface area contributed by atoms with Crippen molar-refractivity contribution in [1.82, 2.24) is 9.38 Å². The van der Waals surface area contributed by atoms with Gasteiger partial charge in [0.1, 0.15) is 4.83 Å². The monoisotopic (exact) mass is 356 g/mol. The number of nitrogens with one attached hydrogen (secondary N) is 1. The van der Waals surface area contributed by atoms with Gasteiger partial charge in [0.2, 0.25) is 5.91 Å². The largest absolute Gasteiger partial charge is 0.369 e. The highest BCUT2D eigenvalue weighted by molar-refractivity contribution is 7.21. The molecule has 0 bridgehead atoms. The van der Waals surface area contributed by atoms with E-state index >= 15 is 0 Å². The molecule has 6 nitrogen and oxygen atoms in total. The highest BCUT2D eigenvalue weighted by atomic mass is 32.1. The Kier molecular flexibility index (Phi) is 3.55. The summed E-state index contributed by atoms with van der Waals surface area (Å²) in [4.78, 5) is 30.2. The molecule has 3 heterocycles. The number of thiophene rings is 1. The molecular weight excluding hydrogens is 344 g/mol. The van der Waals surface area contributed by atoms with Gasteiger partial charge in [-0.2, -0.15) is 0 Å². The zero-order chi connectivity index (χ0) is 16.7. The van der Waals surface area contributed by atoms with Crippen LogP contribution in [0.25, 0.3) is 15.3 Å². The first-order valence-corrected chi connectivity index (χ1v) is 8.83. The van der Waals surface area contributed by atoms with Gasteiger partial charge in [0.25, 0.3) is 5.91 Å². The molecule has 0 atom stereocenters. The third-order valence-electron chi connectivity index (χ3n) is 3.55. The molecule has 4 rings (SSSR count). The van der Waals surface area contributed by atoms with Crippen LogP contribution in [0.2, 0.25) is 0 Å². The second kappa shape index (κ2) is 5.73. The van der Waals surface area contributed by atoms with Crippen LogP contribution < -0.4 is 11.1 Å². The molecule has 3 N–H and O–H groups in total. The van der Waals surface area contributed by atoms with Crippen LogP contribution in [-0.2, 0) is 11.2 Å². The quantitative estimate of drug-likeness (QED) is 0.589. The number of amides is 2. The smallest absolute Gasteiger partial charge is 0.265 e. The standard InChI is InChI=1S/C16H12N4O2S2/c17-13(21)7-9-1-3-10(4-2-9)18-14(22)12-8-11-15(24-12)19-16-20(11)5-6-23-16/h1-6,8H,7H2,(H2,17,21)(H,18,22). The maximum absolute atomic E-state index is 12.4. The molecule has 0 radical (unpaired) electrons. The van der Waals surface area contributed by atoms with Gasteiger partial charge in [0, 0.05) is 17.3 Å². The van der Waals surface area contributed by atoms with E-state index < -0.39 is 0 Å². The van der Waals surface area contributed by atoms with Gasteiger partial charge in [-0.25, -0.2) is 4.98 Å². The van der Waals surface area contributed by atoms with Gasteiger partial charge in [0.15, 0.2) is 4.96 Å². The number of imidazole rings is 1. The fourth-order valence-electron chi connectivity index (χ4n) is 2.46. The summed E-state index contributed by atoms with van der Waals surface area (Å²) in [7, 11) is 0. The van der Waals surface area contributed by atoms with Crippen molar-refractivity contribution in [2.75, 3.05) is 5.32 Å². The van der Waals surface area contributed by atoms with E-state index in [9.17, 15) is 9.59 Å². The Morgan fingerprint density at radius 1 is 1.25 bits per heavy atom. The summed E-state index contributed by atoms with van der Waals surface area (Å²) in [5.74, 6) is -0.557. The average Bonchev–Trinajstić information content (AvgIpc) is 3.20. The van der Waals surface area contributed by atoms with Crippen LogP contribution in [-0.4, -0.2) is 21.2 Å². The van der Waals surface area contributed by atoms with Crippen LogP contribution in [0.15, 0.2) is 41.9 Å². The fourth-order valence-corrected chi connectivity index (χ4v) is 4.15. The first-order chi connectivity index (χ1) is 11.6. The molecule has 0 unspecified atom stereocenters. The summed E-state index contributed by atoms with van der Waals surface area (Å²) >= 11 is 2.93. The number of primary amides is 1. The number of rotatable bonds is 4. The van der Waals surface area contributed by atoms with E-state index in [1.165, 1.54) is 11.3 Å². The summed E-state index contributed by atoms with van der Waals surface area (Å²) < 4.78 is 1.98. The summed E-state index contributed by atoms with van der Waals surface area (Å²) in [6.45, 7) is 0. The summed E-state index contributed by atoms with van der Waals surface area (Å²) in [5.41, 5.74) is 7.59. The zero-order valence-corrected chi connectivity index (χ0v) is 14.0. The van der Waals surface area contributed by atoms with Gasteiger partial charge in [-0.3, -0.25) is 14.0 Å². The van der Waals surface area contributed by atoms with Crippen molar-refractivity contribution in [3.63, 3.8) is 0 Å². The molecule has 0 aliphatic rings. The molecule has 0 saturated carbocycles. The van der Waals surface area contributed by atoms with Crippen molar-refractivity contribution < 1.29 is 9.59 Å². The lowest BCUT2D eigenvalue weighted by Crippen LogP contribution is -2.14. The number of thiazole rings is 1. The van der Waals surface area contributed by atoms with Crippen molar-refractivity contribution in [3.05, 3.63) is 52.3 Å². The van der Waals surface area contributed by atoms with Crippen LogP contribution >= 0.6 is 22.7 Å². The van der Waals surface area contributed by atoms with E-state index in [1.54, 1.807) is 35.6 Å². The maximum Gasteiger partial charge on any atom is 0.265 e. The maximum atomic E-state index is 12.4. The molecule has 0 saturated heterocycles. The van der Waals surface area contributed by atoms with Crippen molar-refractivity contribution in [2.24, 2.45) is 5.73 Å². The average molecular weight is 356 g/mol. The lowest BCUT2D eigenvalue weighted by molar-refractivity contribution is -0.117. The molecule has 4 aromatic rings. The molecule has 8 heteroatoms. The predicted molar refractivity (Wildman–Crippen MR) is 95.7 cm³/mol. The van der Waals surface area contributed by atoms with Crippen LogP contribution in [0.5, 0.6) is 0 Å². The normalized spacial score (nSPS) is 11.2. The van der Waals surface area contributed by atoms with E-state index in [1.807, 2.05) is 22.0 Å². The number of nitrogens with two attached hydrogens (primary N) is 1. The molecule has 2 amide bonds. The molecule has 0 spiro atoms. The molecular formula is C16H12N4O2S2. The van der Waals surface area contributed by atoms with Crippen molar-refractivity contribution in [3.8, 4) is 0 Å². The van der Waals surface area contributed by atoms with Gasteiger partial charge < -0.3 is 11.1 Å². The molecule has 0 aliphatic carbocycles. The van der Waals surface area contributed by atoms with Crippen LogP contribution in [0.4, 0.5) is 5.69 Å². The van der Waals surface area contributed by atoms with Gasteiger partial charge in [0.05, 0.1) is 16.8 Å². The van der Waals surface area contributed by atoms with E-state index in [0.717, 1.165) is 20.9 Å². The molecule has 24 heavy (non-hydrogen) atoms. The minimum atomic E-state index is -0.381. The summed E-state index contributed by atoms with van der Waals surface area (Å²) in [6, 6.07) is 8.92. The third-order valence-corrected chi connectivity index (χ3v) is 5.33. The number of carbonyl (C=O) groups excluding carboxylic acids is 2. The first-order valence-electron chi connectivity index (χ1n) is 7.14. The van der Waals surface area contributed by atoms with E-state index in [-0.39, 0.29) is 18.2 Å². The number of hydrogen-bond donors (Lipinski definition) is 2. The van der Waals surface area contributed by atoms with Crippen molar-refractivity contribution in [1.29, 1.82) is 0 Å². The van der Waals surface area contributed by atoms with Gasteiger partial charge in [-0.05, 0) is 23.8 Å². The highest BCUT2D eigenvalue weighted by Gasteiger charge is 2.15. The van der Waals surface area contributed by atoms with Gasteiger partial charge in [-0.1, -0.05) is 12.1 Å². The van der Waals surface area contributed by atoms with E-state index in [4.69, 9.17) is 5.73 Å². The Morgan fingerprint density at radius 3 is 2.79 bits per heavy atom. The molecule has 1 aromatic carbocycles. The Labute approximate surface area is 144 Å². The Balaban J connectivity index is 1.54. The number of anilines is 1. The number of benzene rings is 1. The Bertz CT molecular complexity index is 1060. The first kappa shape index (κ1) is 14.9. The van der Waals surface area contributed by atoms with Gasteiger partial charge in [-0.15, -0.1) is 22.7 Å². The van der Waals surface area contributed by atoms with Crippen LogP contribution in [0.1, 0.15) is 15.2 Å². The number of carbonyl (C=O) groups is 2. The Hall–Kier alpha value is -2.71. The second-order valence-electron chi connectivity index (χ2n) is 5.26. The highest BCUT2D eigenvalue weighted by Crippen LogP contribution is 2.28. The van der Waals surface area contributed by atoms with Crippen molar-refractivity contribution >= 4 is 55.5 Å². The fraction of sp³-hybridized carbons (Fsp3) is 0.0625. The molecule has 0 fully saturated rings. The van der Waals surface area contributed by atoms with Crippen LogP contribution in [0, 0.1) is 0 Å². The minimum Gasteiger partial charge on any atom is -0.369 e.